The third-order valence-electron chi connectivity index (χ3n) is 12.8. The maximum Gasteiger partial charge on any atom is 0.0541 e. The van der Waals surface area contributed by atoms with E-state index in [2.05, 4.69) is 231 Å². The van der Waals surface area contributed by atoms with Gasteiger partial charge < -0.3 is 9.47 Å². The van der Waals surface area contributed by atoms with Gasteiger partial charge in [0.05, 0.1) is 11.0 Å². The second-order valence-electron chi connectivity index (χ2n) is 16.7. The molecule has 59 heavy (non-hydrogen) atoms. The molecule has 9 aromatic carbocycles. The molecule has 1 aliphatic rings. The number of aromatic nitrogens is 1. The Morgan fingerprint density at radius 2 is 0.949 bits per heavy atom. The van der Waals surface area contributed by atoms with Crippen molar-refractivity contribution < 1.29 is 0 Å². The average Bonchev–Trinajstić information content (AvgIpc) is 3.72. The molecule has 0 saturated heterocycles. The Morgan fingerprint density at radius 1 is 0.407 bits per heavy atom. The van der Waals surface area contributed by atoms with Gasteiger partial charge in [0, 0.05) is 38.9 Å². The quantitative estimate of drug-likeness (QED) is 0.164. The number of rotatable bonds is 6. The summed E-state index contributed by atoms with van der Waals surface area (Å²) in [5.41, 5.74) is 19.8. The highest BCUT2D eigenvalue weighted by molar-refractivity contribution is 6.09. The third-order valence-corrected chi connectivity index (χ3v) is 12.8. The fourth-order valence-electron chi connectivity index (χ4n) is 10.0. The zero-order chi connectivity index (χ0) is 39.8. The van der Waals surface area contributed by atoms with Crippen molar-refractivity contribution in [3.05, 3.63) is 216 Å². The predicted molar refractivity (Wildman–Crippen MR) is 251 cm³/mol. The third kappa shape index (κ3) is 5.55. The highest BCUT2D eigenvalue weighted by Crippen LogP contribution is 2.52. The fraction of sp³-hybridized carbons (Fsp3) is 0.0877. The summed E-state index contributed by atoms with van der Waals surface area (Å²) in [6, 6.07) is 71.5. The number of fused-ring (bicyclic) bond motifs is 7. The first kappa shape index (κ1) is 35.0. The van der Waals surface area contributed by atoms with E-state index in [1.165, 1.54) is 93.9 Å². The summed E-state index contributed by atoms with van der Waals surface area (Å²) >= 11 is 0. The minimum atomic E-state index is -0.199. The maximum absolute atomic E-state index is 2.43. The molecular weight excluding hydrogens is 713 g/mol. The second kappa shape index (κ2) is 13.5. The SMILES string of the molecule is Cc1cc(-c2ccc(N(c3ccccc3)c3ccc4c(c3)C(C)(C)c3cc(-n5c6ccccc6c6ccccc65)ccc3-4)cc2)cc(C)c1-c1cccc2ccccc12. The molecule has 10 aromatic rings. The fourth-order valence-corrected chi connectivity index (χ4v) is 10.0. The summed E-state index contributed by atoms with van der Waals surface area (Å²) in [5.74, 6) is 0. The molecule has 1 heterocycles. The average molecular weight is 757 g/mol. The molecule has 0 bridgehead atoms. The number of anilines is 3. The molecule has 0 saturated carbocycles. The summed E-state index contributed by atoms with van der Waals surface area (Å²) in [5, 5.41) is 5.13. The molecule has 11 rings (SSSR count). The van der Waals surface area contributed by atoms with Gasteiger partial charge in [-0.2, -0.15) is 0 Å². The predicted octanol–water partition coefficient (Wildman–Crippen LogP) is 15.7. The van der Waals surface area contributed by atoms with Crippen molar-refractivity contribution in [2.75, 3.05) is 4.90 Å². The zero-order valence-electron chi connectivity index (χ0n) is 33.9. The molecule has 282 valence electrons. The zero-order valence-corrected chi connectivity index (χ0v) is 33.9. The Morgan fingerprint density at radius 3 is 1.64 bits per heavy atom. The van der Waals surface area contributed by atoms with Gasteiger partial charge in [-0.05, 0) is 141 Å². The van der Waals surface area contributed by atoms with Crippen LogP contribution in [-0.2, 0) is 5.41 Å². The lowest BCUT2D eigenvalue weighted by molar-refractivity contribution is 0.660. The van der Waals surface area contributed by atoms with Gasteiger partial charge in [-0.1, -0.05) is 147 Å². The Labute approximate surface area is 346 Å². The maximum atomic E-state index is 2.43. The first-order valence-corrected chi connectivity index (χ1v) is 20.7. The standard InChI is InChI=1S/C57H44N2/c1-37-33-41(34-38(2)56(37)51-22-14-16-40-15-8-9-19-46(40)51)39-25-27-43(28-26-39)58(42-17-6-5-7-18-42)44-29-31-47-48-32-30-45(36-53(48)57(3,4)52(47)35-44)59-54-23-12-10-20-49(54)50-21-11-13-24-55(50)59/h5-36H,1-4H3. The number of nitrogens with zero attached hydrogens (tertiary/aromatic N) is 2. The molecule has 0 radical (unpaired) electrons. The van der Waals surface area contributed by atoms with Crippen LogP contribution in [0.1, 0.15) is 36.1 Å². The normalized spacial score (nSPS) is 12.9. The van der Waals surface area contributed by atoms with Gasteiger partial charge >= 0.3 is 0 Å². The molecule has 0 fully saturated rings. The lowest BCUT2D eigenvalue weighted by Crippen LogP contribution is -2.17. The molecule has 2 heteroatoms. The first-order chi connectivity index (χ1) is 28.8. The van der Waals surface area contributed by atoms with E-state index in [9.17, 15) is 0 Å². The summed E-state index contributed by atoms with van der Waals surface area (Å²) < 4.78 is 2.43. The van der Waals surface area contributed by atoms with Crippen LogP contribution in [0.25, 0.3) is 71.6 Å². The summed E-state index contributed by atoms with van der Waals surface area (Å²) in [6.07, 6.45) is 0. The molecule has 0 aliphatic heterocycles. The van der Waals surface area contributed by atoms with E-state index in [1.807, 2.05) is 0 Å². The second-order valence-corrected chi connectivity index (χ2v) is 16.7. The van der Waals surface area contributed by atoms with Crippen molar-refractivity contribution >= 4 is 49.6 Å². The van der Waals surface area contributed by atoms with Gasteiger partial charge in [-0.15, -0.1) is 0 Å². The topological polar surface area (TPSA) is 8.17 Å². The van der Waals surface area contributed by atoms with Gasteiger partial charge in [0.25, 0.3) is 0 Å². The lowest BCUT2D eigenvalue weighted by Gasteiger charge is -2.28. The van der Waals surface area contributed by atoms with Crippen molar-refractivity contribution in [1.82, 2.24) is 4.57 Å². The molecule has 0 spiro atoms. The number of benzene rings is 9. The van der Waals surface area contributed by atoms with Crippen LogP contribution in [0.15, 0.2) is 194 Å². The summed E-state index contributed by atoms with van der Waals surface area (Å²) in [6.45, 7) is 9.26. The van der Waals surface area contributed by atoms with E-state index >= 15 is 0 Å². The van der Waals surface area contributed by atoms with Crippen molar-refractivity contribution in [2.45, 2.75) is 33.1 Å². The van der Waals surface area contributed by atoms with Crippen molar-refractivity contribution in [2.24, 2.45) is 0 Å². The van der Waals surface area contributed by atoms with Crippen LogP contribution in [0.5, 0.6) is 0 Å². The van der Waals surface area contributed by atoms with Crippen LogP contribution >= 0.6 is 0 Å². The van der Waals surface area contributed by atoms with Crippen LogP contribution in [-0.4, -0.2) is 4.57 Å². The number of hydrogen-bond acceptors (Lipinski definition) is 1. The van der Waals surface area contributed by atoms with Gasteiger partial charge in [-0.3, -0.25) is 0 Å². The van der Waals surface area contributed by atoms with E-state index in [1.54, 1.807) is 0 Å². The highest BCUT2D eigenvalue weighted by Gasteiger charge is 2.36. The van der Waals surface area contributed by atoms with Crippen LogP contribution in [0.2, 0.25) is 0 Å². The van der Waals surface area contributed by atoms with E-state index in [0.717, 1.165) is 17.1 Å². The number of hydrogen-bond donors (Lipinski definition) is 0. The Kier molecular flexibility index (Phi) is 8.00. The lowest BCUT2D eigenvalue weighted by atomic mass is 9.82. The van der Waals surface area contributed by atoms with E-state index in [4.69, 9.17) is 0 Å². The minimum absolute atomic E-state index is 0.199. The number of aryl methyl sites for hydroxylation is 2. The largest absolute Gasteiger partial charge is 0.310 e. The van der Waals surface area contributed by atoms with E-state index < -0.39 is 0 Å². The molecule has 2 nitrogen and oxygen atoms in total. The van der Waals surface area contributed by atoms with Gasteiger partial charge in [0.2, 0.25) is 0 Å². The van der Waals surface area contributed by atoms with Crippen LogP contribution in [0, 0.1) is 13.8 Å². The number of para-hydroxylation sites is 3. The van der Waals surface area contributed by atoms with Gasteiger partial charge in [0.1, 0.15) is 0 Å². The minimum Gasteiger partial charge on any atom is -0.310 e. The molecule has 0 atom stereocenters. The van der Waals surface area contributed by atoms with E-state index in [-0.39, 0.29) is 5.41 Å². The molecule has 1 aromatic heterocycles. The molecule has 0 unspecified atom stereocenters. The van der Waals surface area contributed by atoms with Crippen LogP contribution < -0.4 is 4.90 Å². The van der Waals surface area contributed by atoms with Crippen molar-refractivity contribution in [3.8, 4) is 39.1 Å². The first-order valence-electron chi connectivity index (χ1n) is 20.7. The molecule has 1 aliphatic carbocycles. The van der Waals surface area contributed by atoms with Gasteiger partial charge in [0.15, 0.2) is 0 Å². The Balaban J connectivity index is 0.961. The monoisotopic (exact) mass is 756 g/mol. The molecule has 0 N–H and O–H groups in total. The van der Waals surface area contributed by atoms with Crippen molar-refractivity contribution in [3.63, 3.8) is 0 Å². The van der Waals surface area contributed by atoms with E-state index in [0.29, 0.717) is 0 Å². The summed E-state index contributed by atoms with van der Waals surface area (Å²) in [4.78, 5) is 2.40. The Hall–Kier alpha value is -7.16. The summed E-state index contributed by atoms with van der Waals surface area (Å²) in [7, 11) is 0. The molecular formula is C57H44N2. The van der Waals surface area contributed by atoms with Gasteiger partial charge in [-0.25, -0.2) is 0 Å². The highest BCUT2D eigenvalue weighted by atomic mass is 15.1. The van der Waals surface area contributed by atoms with Crippen molar-refractivity contribution in [1.29, 1.82) is 0 Å². The smallest absolute Gasteiger partial charge is 0.0541 e. The Bertz CT molecular complexity index is 3170. The van der Waals surface area contributed by atoms with Crippen LogP contribution in [0.3, 0.4) is 0 Å². The van der Waals surface area contributed by atoms with Crippen LogP contribution in [0.4, 0.5) is 17.1 Å². The molecule has 0 amide bonds.